The SMILES string of the molecule is COc1ccc(-c2ccc3nc(C)n(Cc4ccccc4)c3c2)cn1. The summed E-state index contributed by atoms with van der Waals surface area (Å²) in [5.41, 5.74) is 5.60. The predicted octanol–water partition coefficient (Wildman–Crippen LogP) is 4.46. The van der Waals surface area contributed by atoms with Gasteiger partial charge in [-0.25, -0.2) is 9.97 Å². The lowest BCUT2D eigenvalue weighted by Gasteiger charge is -2.08. The number of aromatic nitrogens is 3. The Hall–Kier alpha value is -3.14. The first-order valence-electron chi connectivity index (χ1n) is 8.26. The lowest BCUT2D eigenvalue weighted by Crippen LogP contribution is -2.01. The lowest BCUT2D eigenvalue weighted by molar-refractivity contribution is 0.398. The van der Waals surface area contributed by atoms with Crippen LogP contribution in [-0.4, -0.2) is 21.6 Å². The Balaban J connectivity index is 1.77. The molecule has 0 spiro atoms. The monoisotopic (exact) mass is 329 g/mol. The molecule has 0 atom stereocenters. The highest BCUT2D eigenvalue weighted by Gasteiger charge is 2.10. The van der Waals surface area contributed by atoms with E-state index in [1.165, 1.54) is 5.56 Å². The zero-order valence-electron chi connectivity index (χ0n) is 14.3. The second kappa shape index (κ2) is 6.40. The van der Waals surface area contributed by atoms with Crippen molar-refractivity contribution in [3.05, 3.63) is 78.2 Å². The molecule has 2 aromatic heterocycles. The summed E-state index contributed by atoms with van der Waals surface area (Å²) in [6.07, 6.45) is 1.84. The zero-order chi connectivity index (χ0) is 17.2. The molecular formula is C21H19N3O. The first-order chi connectivity index (χ1) is 12.2. The van der Waals surface area contributed by atoms with Crippen LogP contribution in [0, 0.1) is 6.92 Å². The fraction of sp³-hybridized carbons (Fsp3) is 0.143. The van der Waals surface area contributed by atoms with E-state index >= 15 is 0 Å². The van der Waals surface area contributed by atoms with Gasteiger partial charge in [0, 0.05) is 24.4 Å². The standard InChI is InChI=1S/C21H19N3O/c1-15-23-19-10-8-17(18-9-11-21(25-2)22-13-18)12-20(19)24(15)14-16-6-4-3-5-7-16/h3-13H,14H2,1-2H3. The van der Waals surface area contributed by atoms with Crippen molar-refractivity contribution >= 4 is 11.0 Å². The number of benzene rings is 2. The molecule has 25 heavy (non-hydrogen) atoms. The van der Waals surface area contributed by atoms with Gasteiger partial charge in [-0.05, 0) is 36.2 Å². The molecule has 4 aromatic rings. The molecule has 0 radical (unpaired) electrons. The first-order valence-corrected chi connectivity index (χ1v) is 8.26. The fourth-order valence-electron chi connectivity index (χ4n) is 3.06. The van der Waals surface area contributed by atoms with Crippen LogP contribution in [0.15, 0.2) is 66.9 Å². The highest BCUT2D eigenvalue weighted by Crippen LogP contribution is 2.26. The highest BCUT2D eigenvalue weighted by molar-refractivity contribution is 5.82. The van der Waals surface area contributed by atoms with E-state index in [9.17, 15) is 0 Å². The molecule has 4 nitrogen and oxygen atoms in total. The molecule has 4 heteroatoms. The van der Waals surface area contributed by atoms with Gasteiger partial charge in [0.2, 0.25) is 5.88 Å². The largest absolute Gasteiger partial charge is 0.481 e. The Morgan fingerprint density at radius 3 is 2.48 bits per heavy atom. The second-order valence-electron chi connectivity index (χ2n) is 6.02. The maximum Gasteiger partial charge on any atom is 0.212 e. The first kappa shape index (κ1) is 15.4. The normalized spacial score (nSPS) is 11.0. The van der Waals surface area contributed by atoms with E-state index in [2.05, 4.69) is 58.9 Å². The van der Waals surface area contributed by atoms with Crippen LogP contribution in [0.3, 0.4) is 0 Å². The third-order valence-electron chi connectivity index (χ3n) is 4.40. The van der Waals surface area contributed by atoms with E-state index in [1.807, 2.05) is 24.4 Å². The number of pyridine rings is 1. The van der Waals surface area contributed by atoms with Crippen molar-refractivity contribution in [2.24, 2.45) is 0 Å². The van der Waals surface area contributed by atoms with Gasteiger partial charge in [-0.3, -0.25) is 0 Å². The molecule has 0 fully saturated rings. The van der Waals surface area contributed by atoms with Crippen LogP contribution in [0.1, 0.15) is 11.4 Å². The summed E-state index contributed by atoms with van der Waals surface area (Å²) >= 11 is 0. The van der Waals surface area contributed by atoms with Crippen LogP contribution in [0.4, 0.5) is 0 Å². The van der Waals surface area contributed by atoms with Crippen molar-refractivity contribution in [2.45, 2.75) is 13.5 Å². The fourth-order valence-corrected chi connectivity index (χ4v) is 3.06. The quantitative estimate of drug-likeness (QED) is 0.555. The summed E-state index contributed by atoms with van der Waals surface area (Å²) in [6, 6.07) is 20.7. The highest BCUT2D eigenvalue weighted by atomic mass is 16.5. The van der Waals surface area contributed by atoms with Gasteiger partial charge >= 0.3 is 0 Å². The van der Waals surface area contributed by atoms with Crippen molar-refractivity contribution in [1.29, 1.82) is 0 Å². The van der Waals surface area contributed by atoms with E-state index < -0.39 is 0 Å². The molecular weight excluding hydrogens is 310 g/mol. The summed E-state index contributed by atoms with van der Waals surface area (Å²) in [5.74, 6) is 1.64. The van der Waals surface area contributed by atoms with Crippen LogP contribution in [0.2, 0.25) is 0 Å². The molecule has 2 aromatic carbocycles. The Morgan fingerprint density at radius 1 is 0.960 bits per heavy atom. The van der Waals surface area contributed by atoms with E-state index in [0.29, 0.717) is 5.88 Å². The average Bonchev–Trinajstić information content (AvgIpc) is 2.97. The zero-order valence-corrected chi connectivity index (χ0v) is 14.3. The van der Waals surface area contributed by atoms with Crippen molar-refractivity contribution < 1.29 is 4.74 Å². The van der Waals surface area contributed by atoms with Gasteiger partial charge in [0.1, 0.15) is 5.82 Å². The number of ether oxygens (including phenoxy) is 1. The molecule has 0 amide bonds. The molecule has 0 aliphatic heterocycles. The van der Waals surface area contributed by atoms with E-state index in [-0.39, 0.29) is 0 Å². The van der Waals surface area contributed by atoms with Crippen molar-refractivity contribution in [3.63, 3.8) is 0 Å². The van der Waals surface area contributed by atoms with Gasteiger partial charge in [0.05, 0.1) is 18.1 Å². The minimum absolute atomic E-state index is 0.620. The Kier molecular flexibility index (Phi) is 3.94. The van der Waals surface area contributed by atoms with Gasteiger partial charge in [0.15, 0.2) is 0 Å². The number of methoxy groups -OCH3 is 1. The number of rotatable bonds is 4. The number of fused-ring (bicyclic) bond motifs is 1. The number of hydrogen-bond donors (Lipinski definition) is 0. The lowest BCUT2D eigenvalue weighted by atomic mass is 10.1. The number of hydrogen-bond acceptors (Lipinski definition) is 3. The van der Waals surface area contributed by atoms with E-state index in [1.54, 1.807) is 7.11 Å². The molecule has 0 saturated heterocycles. The van der Waals surface area contributed by atoms with Crippen LogP contribution in [0.5, 0.6) is 5.88 Å². The summed E-state index contributed by atoms with van der Waals surface area (Å²) in [6.45, 7) is 2.87. The molecule has 124 valence electrons. The van der Waals surface area contributed by atoms with E-state index in [0.717, 1.165) is 34.5 Å². The smallest absolute Gasteiger partial charge is 0.212 e. The van der Waals surface area contributed by atoms with Crippen LogP contribution in [-0.2, 0) is 6.54 Å². The molecule has 0 unspecified atom stereocenters. The molecule has 0 saturated carbocycles. The third kappa shape index (κ3) is 2.98. The summed E-state index contributed by atoms with van der Waals surface area (Å²) in [4.78, 5) is 9.00. The molecule has 0 bridgehead atoms. The Bertz CT molecular complexity index is 1000. The van der Waals surface area contributed by atoms with E-state index in [4.69, 9.17) is 9.72 Å². The molecule has 0 aliphatic rings. The minimum atomic E-state index is 0.620. The number of imidazole rings is 1. The third-order valence-corrected chi connectivity index (χ3v) is 4.40. The predicted molar refractivity (Wildman–Crippen MR) is 99.8 cm³/mol. The summed E-state index contributed by atoms with van der Waals surface area (Å²) in [7, 11) is 1.62. The minimum Gasteiger partial charge on any atom is -0.481 e. The number of nitrogens with zero attached hydrogens (tertiary/aromatic N) is 3. The van der Waals surface area contributed by atoms with Crippen LogP contribution in [0.25, 0.3) is 22.2 Å². The second-order valence-corrected chi connectivity index (χ2v) is 6.02. The van der Waals surface area contributed by atoms with Crippen molar-refractivity contribution in [1.82, 2.24) is 14.5 Å². The van der Waals surface area contributed by atoms with Gasteiger partial charge in [-0.1, -0.05) is 36.4 Å². The Labute approximate surface area is 146 Å². The average molecular weight is 329 g/mol. The maximum absolute atomic E-state index is 5.14. The van der Waals surface area contributed by atoms with Crippen LogP contribution >= 0.6 is 0 Å². The topological polar surface area (TPSA) is 39.9 Å². The van der Waals surface area contributed by atoms with Crippen LogP contribution < -0.4 is 4.74 Å². The maximum atomic E-state index is 5.14. The molecule has 0 N–H and O–H groups in total. The summed E-state index contributed by atoms with van der Waals surface area (Å²) in [5, 5.41) is 0. The molecule has 2 heterocycles. The van der Waals surface area contributed by atoms with Gasteiger partial charge in [-0.15, -0.1) is 0 Å². The Morgan fingerprint density at radius 2 is 1.76 bits per heavy atom. The molecule has 4 rings (SSSR count). The van der Waals surface area contributed by atoms with Gasteiger partial charge in [0.25, 0.3) is 0 Å². The van der Waals surface area contributed by atoms with Gasteiger partial charge < -0.3 is 9.30 Å². The van der Waals surface area contributed by atoms with Crippen molar-refractivity contribution in [2.75, 3.05) is 7.11 Å². The summed E-state index contributed by atoms with van der Waals surface area (Å²) < 4.78 is 7.39. The number of aryl methyl sites for hydroxylation is 1. The molecule has 0 aliphatic carbocycles. The van der Waals surface area contributed by atoms with Crippen molar-refractivity contribution in [3.8, 4) is 17.0 Å². The van der Waals surface area contributed by atoms with Gasteiger partial charge in [-0.2, -0.15) is 0 Å².